The number of nitrogens with two attached hydrogens (primary N) is 1. The maximum Gasteiger partial charge on any atom is 0.189 e. The predicted octanol–water partition coefficient (Wildman–Crippen LogP) is 1.73. The SMILES string of the molecule is NC1(Cc2cc3c(cc2F)COCO3)CC1. The fraction of sp³-hybridized carbons (Fsp3) is 0.500. The van der Waals surface area contributed by atoms with Gasteiger partial charge in [-0.1, -0.05) is 0 Å². The number of rotatable bonds is 2. The molecule has 3 nitrogen and oxygen atoms in total. The number of hydrogen-bond donors (Lipinski definition) is 1. The van der Waals surface area contributed by atoms with Crippen LogP contribution in [0.1, 0.15) is 24.0 Å². The molecule has 0 saturated heterocycles. The highest BCUT2D eigenvalue weighted by atomic mass is 19.1. The van der Waals surface area contributed by atoms with Crippen molar-refractivity contribution in [1.82, 2.24) is 0 Å². The Bertz CT molecular complexity index is 429. The molecule has 86 valence electrons. The molecule has 2 N–H and O–H groups in total. The molecule has 1 aromatic rings. The van der Waals surface area contributed by atoms with E-state index in [1.54, 1.807) is 6.07 Å². The van der Waals surface area contributed by atoms with Gasteiger partial charge in [-0.05, 0) is 37.0 Å². The van der Waals surface area contributed by atoms with Gasteiger partial charge in [0.2, 0.25) is 0 Å². The maximum atomic E-state index is 13.8. The van der Waals surface area contributed by atoms with Gasteiger partial charge >= 0.3 is 0 Å². The molecule has 16 heavy (non-hydrogen) atoms. The monoisotopic (exact) mass is 223 g/mol. The van der Waals surface area contributed by atoms with Crippen LogP contribution in [0.3, 0.4) is 0 Å². The van der Waals surface area contributed by atoms with Gasteiger partial charge in [0.15, 0.2) is 6.79 Å². The average molecular weight is 223 g/mol. The molecular formula is C12H14FNO2. The van der Waals surface area contributed by atoms with Crippen LogP contribution in [0.25, 0.3) is 0 Å². The van der Waals surface area contributed by atoms with Crippen molar-refractivity contribution in [2.45, 2.75) is 31.4 Å². The summed E-state index contributed by atoms with van der Waals surface area (Å²) in [5.74, 6) is 0.525. The summed E-state index contributed by atoms with van der Waals surface area (Å²) in [6.07, 6.45) is 2.55. The highest BCUT2D eigenvalue weighted by molar-refractivity contribution is 5.40. The van der Waals surface area contributed by atoms with Gasteiger partial charge in [-0.25, -0.2) is 4.39 Å². The quantitative estimate of drug-likeness (QED) is 0.830. The Labute approximate surface area is 93.3 Å². The topological polar surface area (TPSA) is 44.5 Å². The molecule has 1 aliphatic carbocycles. The van der Waals surface area contributed by atoms with Gasteiger partial charge in [-0.15, -0.1) is 0 Å². The number of hydrogen-bond acceptors (Lipinski definition) is 3. The van der Waals surface area contributed by atoms with Crippen molar-refractivity contribution in [1.29, 1.82) is 0 Å². The molecule has 0 unspecified atom stereocenters. The van der Waals surface area contributed by atoms with Crippen molar-refractivity contribution in [2.75, 3.05) is 6.79 Å². The minimum Gasteiger partial charge on any atom is -0.467 e. The van der Waals surface area contributed by atoms with Crippen LogP contribution >= 0.6 is 0 Å². The van der Waals surface area contributed by atoms with Crippen LogP contribution in [-0.2, 0) is 17.8 Å². The van der Waals surface area contributed by atoms with Crippen LogP contribution < -0.4 is 10.5 Å². The summed E-state index contributed by atoms with van der Waals surface area (Å²) < 4.78 is 24.2. The third-order valence-electron chi connectivity index (χ3n) is 3.22. The van der Waals surface area contributed by atoms with E-state index in [4.69, 9.17) is 15.2 Å². The lowest BCUT2D eigenvalue weighted by molar-refractivity contribution is -0.0166. The van der Waals surface area contributed by atoms with Gasteiger partial charge in [0.1, 0.15) is 11.6 Å². The van der Waals surface area contributed by atoms with Gasteiger partial charge in [0.25, 0.3) is 0 Å². The minimum atomic E-state index is -0.204. The van der Waals surface area contributed by atoms with Crippen LogP contribution in [0.15, 0.2) is 12.1 Å². The van der Waals surface area contributed by atoms with Crippen molar-refractivity contribution < 1.29 is 13.9 Å². The Hall–Kier alpha value is -1.13. The van der Waals surface area contributed by atoms with E-state index in [9.17, 15) is 4.39 Å². The highest BCUT2D eigenvalue weighted by Gasteiger charge is 2.38. The van der Waals surface area contributed by atoms with E-state index in [-0.39, 0.29) is 18.1 Å². The molecule has 1 saturated carbocycles. The van der Waals surface area contributed by atoms with Crippen LogP contribution in [0, 0.1) is 5.82 Å². The van der Waals surface area contributed by atoms with Gasteiger partial charge in [-0.2, -0.15) is 0 Å². The van der Waals surface area contributed by atoms with E-state index in [1.807, 2.05) is 0 Å². The van der Waals surface area contributed by atoms with Crippen LogP contribution in [0.5, 0.6) is 5.75 Å². The second kappa shape index (κ2) is 3.43. The van der Waals surface area contributed by atoms with Crippen molar-refractivity contribution in [3.05, 3.63) is 29.1 Å². The van der Waals surface area contributed by atoms with E-state index < -0.39 is 0 Å². The normalized spacial score (nSPS) is 21.1. The largest absolute Gasteiger partial charge is 0.467 e. The molecule has 2 aliphatic rings. The van der Waals surface area contributed by atoms with E-state index >= 15 is 0 Å². The van der Waals surface area contributed by atoms with E-state index in [1.165, 1.54) is 6.07 Å². The number of ether oxygens (including phenoxy) is 2. The summed E-state index contributed by atoms with van der Waals surface area (Å²) in [4.78, 5) is 0. The fourth-order valence-corrected chi connectivity index (χ4v) is 1.99. The molecule has 1 fully saturated rings. The smallest absolute Gasteiger partial charge is 0.189 e. The van der Waals surface area contributed by atoms with Crippen molar-refractivity contribution in [2.24, 2.45) is 5.73 Å². The van der Waals surface area contributed by atoms with E-state index in [2.05, 4.69) is 0 Å². The van der Waals surface area contributed by atoms with Crippen LogP contribution in [0.4, 0.5) is 4.39 Å². The molecule has 1 heterocycles. The summed E-state index contributed by atoms with van der Waals surface area (Å²) >= 11 is 0. The zero-order valence-corrected chi connectivity index (χ0v) is 8.96. The van der Waals surface area contributed by atoms with Crippen molar-refractivity contribution in [3.8, 4) is 5.75 Å². The summed E-state index contributed by atoms with van der Waals surface area (Å²) in [6, 6.07) is 3.26. The van der Waals surface area contributed by atoms with Gasteiger partial charge in [0.05, 0.1) is 6.61 Å². The summed E-state index contributed by atoms with van der Waals surface area (Å²) in [7, 11) is 0. The Balaban J connectivity index is 1.92. The predicted molar refractivity (Wildman–Crippen MR) is 56.5 cm³/mol. The minimum absolute atomic E-state index is 0.180. The van der Waals surface area contributed by atoms with Crippen LogP contribution in [0.2, 0.25) is 0 Å². The summed E-state index contributed by atoms with van der Waals surface area (Å²) in [5, 5.41) is 0. The first-order chi connectivity index (χ1) is 7.66. The number of benzene rings is 1. The molecule has 0 aromatic heterocycles. The Kier molecular flexibility index (Phi) is 2.16. The zero-order valence-electron chi connectivity index (χ0n) is 8.96. The maximum absolute atomic E-state index is 13.8. The van der Waals surface area contributed by atoms with Gasteiger partial charge < -0.3 is 15.2 Å². The first-order valence-electron chi connectivity index (χ1n) is 5.47. The third kappa shape index (κ3) is 1.79. The second-order valence-electron chi connectivity index (χ2n) is 4.70. The lowest BCUT2D eigenvalue weighted by Gasteiger charge is -2.19. The van der Waals surface area contributed by atoms with Crippen LogP contribution in [-0.4, -0.2) is 12.3 Å². The number of fused-ring (bicyclic) bond motifs is 1. The number of halogens is 1. The van der Waals surface area contributed by atoms with Crippen molar-refractivity contribution in [3.63, 3.8) is 0 Å². The fourth-order valence-electron chi connectivity index (χ4n) is 1.99. The Morgan fingerprint density at radius 1 is 1.38 bits per heavy atom. The van der Waals surface area contributed by atoms with E-state index in [0.29, 0.717) is 18.6 Å². The standard InChI is InChI=1S/C12H14FNO2/c13-10-3-9-6-15-7-16-11(9)4-8(10)5-12(14)1-2-12/h3-4H,1-2,5-7,14H2. The highest BCUT2D eigenvalue weighted by Crippen LogP contribution is 2.37. The zero-order chi connectivity index (χ0) is 11.2. The molecule has 3 rings (SSSR count). The first-order valence-corrected chi connectivity index (χ1v) is 5.47. The molecule has 1 aliphatic heterocycles. The molecular weight excluding hydrogens is 209 g/mol. The molecule has 0 bridgehead atoms. The molecule has 0 radical (unpaired) electrons. The van der Waals surface area contributed by atoms with E-state index in [0.717, 1.165) is 24.2 Å². The van der Waals surface area contributed by atoms with Gasteiger partial charge in [-0.3, -0.25) is 0 Å². The summed E-state index contributed by atoms with van der Waals surface area (Å²) in [6.45, 7) is 0.659. The lowest BCUT2D eigenvalue weighted by Crippen LogP contribution is -2.25. The molecule has 0 amide bonds. The Morgan fingerprint density at radius 3 is 2.94 bits per heavy atom. The molecule has 0 spiro atoms. The first kappa shape index (κ1) is 10.1. The molecule has 1 aromatic carbocycles. The molecule has 0 atom stereocenters. The lowest BCUT2D eigenvalue weighted by atomic mass is 10.0. The average Bonchev–Trinajstić information content (AvgIpc) is 2.97. The third-order valence-corrected chi connectivity index (χ3v) is 3.22. The van der Waals surface area contributed by atoms with Crippen molar-refractivity contribution >= 4 is 0 Å². The Morgan fingerprint density at radius 2 is 2.19 bits per heavy atom. The van der Waals surface area contributed by atoms with Gasteiger partial charge in [0, 0.05) is 11.1 Å². The molecule has 4 heteroatoms. The summed E-state index contributed by atoms with van der Waals surface area (Å²) in [5.41, 5.74) is 7.24. The second-order valence-corrected chi connectivity index (χ2v) is 4.70.